The Labute approximate surface area is 180 Å². The second-order valence-corrected chi connectivity index (χ2v) is 6.68. The van der Waals surface area contributed by atoms with Gasteiger partial charge in [0.15, 0.2) is 0 Å². The maximum absolute atomic E-state index is 12.4. The molecule has 0 aliphatic heterocycles. The number of anilines is 1. The van der Waals surface area contributed by atoms with E-state index in [0.29, 0.717) is 28.3 Å². The molecule has 3 rings (SSSR count). The summed E-state index contributed by atoms with van der Waals surface area (Å²) in [5.41, 5.74) is 2.66. The number of nitrogens with one attached hydrogen (secondary N) is 1. The lowest BCUT2D eigenvalue weighted by atomic mass is 10.1. The quantitative estimate of drug-likeness (QED) is 0.273. The van der Waals surface area contributed by atoms with E-state index in [1.807, 2.05) is 25.1 Å². The Hall–Kier alpha value is -4.37. The van der Waals surface area contributed by atoms with Crippen LogP contribution in [-0.2, 0) is 4.79 Å². The van der Waals surface area contributed by atoms with E-state index in [4.69, 9.17) is 9.47 Å². The van der Waals surface area contributed by atoms with Crippen LogP contribution in [0.1, 0.15) is 21.5 Å². The molecule has 0 bridgehead atoms. The molecule has 0 aromatic heterocycles. The number of carbonyl (C=O) groups is 2. The van der Waals surface area contributed by atoms with Gasteiger partial charge in [-0.2, -0.15) is 5.26 Å². The lowest BCUT2D eigenvalue weighted by Gasteiger charge is -2.06. The Morgan fingerprint density at radius 2 is 1.52 bits per heavy atom. The Kier molecular flexibility index (Phi) is 6.82. The monoisotopic (exact) mass is 412 g/mol. The van der Waals surface area contributed by atoms with Crippen LogP contribution < -0.4 is 14.8 Å². The summed E-state index contributed by atoms with van der Waals surface area (Å²) in [6.07, 6.45) is 1.47. The van der Waals surface area contributed by atoms with Gasteiger partial charge in [0.25, 0.3) is 5.91 Å². The van der Waals surface area contributed by atoms with Crippen LogP contribution in [0.4, 0.5) is 5.69 Å². The van der Waals surface area contributed by atoms with Gasteiger partial charge in [-0.3, -0.25) is 4.79 Å². The highest BCUT2D eigenvalue weighted by Crippen LogP contribution is 2.18. The summed E-state index contributed by atoms with van der Waals surface area (Å²) >= 11 is 0. The van der Waals surface area contributed by atoms with Crippen molar-refractivity contribution in [3.05, 3.63) is 95.1 Å². The number of nitriles is 1. The van der Waals surface area contributed by atoms with Crippen molar-refractivity contribution >= 4 is 23.6 Å². The predicted octanol–water partition coefficient (Wildman–Crippen LogP) is 4.77. The van der Waals surface area contributed by atoms with Crippen molar-refractivity contribution in [2.24, 2.45) is 0 Å². The predicted molar refractivity (Wildman–Crippen MR) is 118 cm³/mol. The van der Waals surface area contributed by atoms with E-state index in [-0.39, 0.29) is 5.57 Å². The van der Waals surface area contributed by atoms with Crippen LogP contribution in [-0.4, -0.2) is 19.0 Å². The molecule has 0 spiro atoms. The molecule has 1 amide bonds. The molecule has 3 aromatic rings. The Balaban J connectivity index is 1.66. The average Bonchev–Trinajstić information content (AvgIpc) is 2.80. The van der Waals surface area contributed by atoms with Crippen LogP contribution in [0, 0.1) is 18.3 Å². The molecule has 0 radical (unpaired) electrons. The van der Waals surface area contributed by atoms with Gasteiger partial charge in [-0.05, 0) is 67.1 Å². The first-order chi connectivity index (χ1) is 15.0. The van der Waals surface area contributed by atoms with E-state index in [1.54, 1.807) is 67.8 Å². The number of carbonyl (C=O) groups excluding carboxylic acids is 2. The fraction of sp³-hybridized carbons (Fsp3) is 0.0800. The summed E-state index contributed by atoms with van der Waals surface area (Å²) in [5, 5.41) is 12.1. The molecule has 0 atom stereocenters. The SMILES string of the molecule is COc1ccc(C(=O)Oc2ccc(/C=C(/C#N)C(=O)Nc3ccc(C)cc3)cc2)cc1. The molecule has 3 aromatic carbocycles. The first kappa shape index (κ1) is 21.3. The summed E-state index contributed by atoms with van der Waals surface area (Å²) in [6.45, 7) is 1.95. The second kappa shape index (κ2) is 9.90. The van der Waals surface area contributed by atoms with Gasteiger partial charge in [-0.25, -0.2) is 4.79 Å². The van der Waals surface area contributed by atoms with Crippen molar-refractivity contribution in [3.63, 3.8) is 0 Å². The number of amides is 1. The molecule has 154 valence electrons. The van der Waals surface area contributed by atoms with Gasteiger partial charge in [0.1, 0.15) is 23.1 Å². The minimum Gasteiger partial charge on any atom is -0.497 e. The first-order valence-electron chi connectivity index (χ1n) is 9.44. The lowest BCUT2D eigenvalue weighted by Crippen LogP contribution is -2.13. The molecular weight excluding hydrogens is 392 g/mol. The Bertz CT molecular complexity index is 1140. The number of benzene rings is 3. The van der Waals surface area contributed by atoms with Crippen molar-refractivity contribution in [1.82, 2.24) is 0 Å². The molecule has 0 aliphatic rings. The number of esters is 1. The van der Waals surface area contributed by atoms with Gasteiger partial charge in [-0.1, -0.05) is 29.8 Å². The molecular formula is C25H20N2O4. The number of aryl methyl sites for hydroxylation is 1. The number of methoxy groups -OCH3 is 1. The summed E-state index contributed by atoms with van der Waals surface area (Å²) in [7, 11) is 1.55. The maximum atomic E-state index is 12.4. The highest BCUT2D eigenvalue weighted by Gasteiger charge is 2.11. The summed E-state index contributed by atoms with van der Waals surface area (Å²) in [4.78, 5) is 24.6. The molecule has 0 aliphatic carbocycles. The van der Waals surface area contributed by atoms with Crippen LogP contribution in [0.2, 0.25) is 0 Å². The molecule has 6 nitrogen and oxygen atoms in total. The molecule has 0 heterocycles. The van der Waals surface area contributed by atoms with E-state index in [1.165, 1.54) is 6.08 Å². The molecule has 0 saturated heterocycles. The van der Waals surface area contributed by atoms with Crippen LogP contribution in [0.25, 0.3) is 6.08 Å². The zero-order chi connectivity index (χ0) is 22.2. The number of hydrogen-bond donors (Lipinski definition) is 1. The third-order valence-electron chi connectivity index (χ3n) is 4.40. The number of rotatable bonds is 6. The topological polar surface area (TPSA) is 88.4 Å². The van der Waals surface area contributed by atoms with E-state index >= 15 is 0 Å². The van der Waals surface area contributed by atoms with Gasteiger partial charge in [0, 0.05) is 5.69 Å². The van der Waals surface area contributed by atoms with Crippen molar-refractivity contribution in [1.29, 1.82) is 5.26 Å². The number of ether oxygens (including phenoxy) is 2. The highest BCUT2D eigenvalue weighted by atomic mass is 16.5. The van der Waals surface area contributed by atoms with Crippen LogP contribution in [0.3, 0.4) is 0 Å². The fourth-order valence-electron chi connectivity index (χ4n) is 2.68. The largest absolute Gasteiger partial charge is 0.497 e. The Morgan fingerprint density at radius 3 is 2.10 bits per heavy atom. The van der Waals surface area contributed by atoms with Crippen LogP contribution in [0.15, 0.2) is 78.4 Å². The summed E-state index contributed by atoms with van der Waals surface area (Å²) in [6, 6.07) is 22.3. The van der Waals surface area contributed by atoms with E-state index in [0.717, 1.165) is 5.56 Å². The number of nitrogens with zero attached hydrogens (tertiary/aromatic N) is 1. The van der Waals surface area contributed by atoms with Crippen LogP contribution in [0.5, 0.6) is 11.5 Å². The smallest absolute Gasteiger partial charge is 0.343 e. The molecule has 0 fully saturated rings. The van der Waals surface area contributed by atoms with E-state index in [2.05, 4.69) is 5.32 Å². The molecule has 0 saturated carbocycles. The van der Waals surface area contributed by atoms with Crippen molar-refractivity contribution < 1.29 is 19.1 Å². The van der Waals surface area contributed by atoms with E-state index in [9.17, 15) is 14.9 Å². The van der Waals surface area contributed by atoms with Crippen molar-refractivity contribution in [3.8, 4) is 17.6 Å². The standard InChI is InChI=1S/C25H20N2O4/c1-17-3-9-21(10-4-17)27-24(28)20(16-26)15-18-5-11-23(12-6-18)31-25(29)19-7-13-22(30-2)14-8-19/h3-15H,1-2H3,(H,27,28)/b20-15-. The van der Waals surface area contributed by atoms with E-state index < -0.39 is 11.9 Å². The van der Waals surface area contributed by atoms with Gasteiger partial charge in [0.2, 0.25) is 0 Å². The highest BCUT2D eigenvalue weighted by molar-refractivity contribution is 6.09. The van der Waals surface area contributed by atoms with Gasteiger partial charge in [-0.15, -0.1) is 0 Å². The van der Waals surface area contributed by atoms with Crippen molar-refractivity contribution in [2.75, 3.05) is 12.4 Å². The molecule has 6 heteroatoms. The minimum atomic E-state index is -0.499. The molecule has 1 N–H and O–H groups in total. The summed E-state index contributed by atoms with van der Waals surface area (Å²) in [5.74, 6) is -0.00418. The first-order valence-corrected chi connectivity index (χ1v) is 9.44. The average molecular weight is 412 g/mol. The summed E-state index contributed by atoms with van der Waals surface area (Å²) < 4.78 is 10.4. The minimum absolute atomic E-state index is 0.0384. The van der Waals surface area contributed by atoms with Crippen LogP contribution >= 0.6 is 0 Å². The zero-order valence-corrected chi connectivity index (χ0v) is 17.1. The molecule has 31 heavy (non-hydrogen) atoms. The maximum Gasteiger partial charge on any atom is 0.343 e. The van der Waals surface area contributed by atoms with Gasteiger partial charge in [0.05, 0.1) is 12.7 Å². The third-order valence-corrected chi connectivity index (χ3v) is 4.40. The van der Waals surface area contributed by atoms with Gasteiger partial charge < -0.3 is 14.8 Å². The lowest BCUT2D eigenvalue weighted by molar-refractivity contribution is -0.112. The zero-order valence-electron chi connectivity index (χ0n) is 17.1. The molecule has 0 unspecified atom stereocenters. The Morgan fingerprint density at radius 1 is 0.903 bits per heavy atom. The fourth-order valence-corrected chi connectivity index (χ4v) is 2.68. The van der Waals surface area contributed by atoms with Gasteiger partial charge >= 0.3 is 5.97 Å². The van der Waals surface area contributed by atoms with Crippen molar-refractivity contribution in [2.45, 2.75) is 6.92 Å². The second-order valence-electron chi connectivity index (χ2n) is 6.68. The third kappa shape index (κ3) is 5.81. The number of hydrogen-bond acceptors (Lipinski definition) is 5. The normalized spacial score (nSPS) is 10.7.